The van der Waals surface area contributed by atoms with Crippen molar-refractivity contribution in [2.75, 3.05) is 24.9 Å². The number of benzene rings is 2. The largest absolute Gasteiger partial charge is 0.495 e. The summed E-state index contributed by atoms with van der Waals surface area (Å²) in [5, 5.41) is 0. The molecule has 1 N–H and O–H groups in total. The molecule has 0 bridgehead atoms. The van der Waals surface area contributed by atoms with Crippen LogP contribution in [0.3, 0.4) is 0 Å². The van der Waals surface area contributed by atoms with Crippen LogP contribution in [0.1, 0.15) is 24.0 Å². The maximum absolute atomic E-state index is 12.9. The fourth-order valence-corrected chi connectivity index (χ4v) is 6.14. The topological polar surface area (TPSA) is 92.8 Å². The predicted octanol–water partition coefficient (Wildman–Crippen LogP) is 2.90. The van der Waals surface area contributed by atoms with Crippen LogP contribution in [0.25, 0.3) is 0 Å². The minimum absolute atomic E-state index is 0.0360. The van der Waals surface area contributed by atoms with Crippen LogP contribution in [0, 0.1) is 13.8 Å². The number of sulfonamides is 2. The van der Waals surface area contributed by atoms with Crippen molar-refractivity contribution >= 4 is 25.7 Å². The fourth-order valence-electron chi connectivity index (χ4n) is 3.20. The molecule has 28 heavy (non-hydrogen) atoms. The van der Waals surface area contributed by atoms with E-state index >= 15 is 0 Å². The summed E-state index contributed by atoms with van der Waals surface area (Å²) in [6.45, 7) is 4.46. The number of methoxy groups -OCH3 is 1. The van der Waals surface area contributed by atoms with Gasteiger partial charge in [0.15, 0.2) is 0 Å². The summed E-state index contributed by atoms with van der Waals surface area (Å²) in [4.78, 5) is 0.177. The Morgan fingerprint density at radius 3 is 2.29 bits per heavy atom. The van der Waals surface area contributed by atoms with Gasteiger partial charge < -0.3 is 4.74 Å². The number of rotatable bonds is 6. The third-order valence-electron chi connectivity index (χ3n) is 4.75. The molecule has 152 valence electrons. The molecule has 2 aromatic carbocycles. The van der Waals surface area contributed by atoms with E-state index in [4.69, 9.17) is 4.74 Å². The van der Waals surface area contributed by atoms with Gasteiger partial charge in [-0.05, 0) is 62.1 Å². The molecule has 2 aromatic rings. The van der Waals surface area contributed by atoms with Crippen LogP contribution in [0.2, 0.25) is 0 Å². The molecule has 0 spiro atoms. The van der Waals surface area contributed by atoms with Gasteiger partial charge >= 0.3 is 0 Å². The minimum atomic E-state index is -3.92. The molecule has 0 aromatic heterocycles. The van der Waals surface area contributed by atoms with E-state index in [0.29, 0.717) is 18.7 Å². The Hall–Kier alpha value is -2.10. The van der Waals surface area contributed by atoms with Gasteiger partial charge in [-0.15, -0.1) is 0 Å². The number of hydrogen-bond acceptors (Lipinski definition) is 5. The molecule has 0 unspecified atom stereocenters. The molecule has 0 atom stereocenters. The molecule has 0 aliphatic carbocycles. The number of aryl methyl sites for hydroxylation is 2. The number of nitrogens with zero attached hydrogens (tertiary/aromatic N) is 1. The molecule has 0 radical (unpaired) electrons. The molecule has 0 amide bonds. The third kappa shape index (κ3) is 4.01. The Balaban J connectivity index is 2.02. The predicted molar refractivity (Wildman–Crippen MR) is 108 cm³/mol. The maximum Gasteiger partial charge on any atom is 0.262 e. The summed E-state index contributed by atoms with van der Waals surface area (Å²) in [6, 6.07) is 9.35. The highest BCUT2D eigenvalue weighted by Gasteiger charge is 2.28. The normalized spacial score (nSPS) is 15.5. The van der Waals surface area contributed by atoms with Crippen molar-refractivity contribution < 1.29 is 21.6 Å². The summed E-state index contributed by atoms with van der Waals surface area (Å²) in [7, 11) is -6.19. The zero-order valence-electron chi connectivity index (χ0n) is 16.1. The van der Waals surface area contributed by atoms with Crippen LogP contribution in [0.4, 0.5) is 5.69 Å². The molecule has 1 aliphatic heterocycles. The Morgan fingerprint density at radius 1 is 0.964 bits per heavy atom. The Morgan fingerprint density at radius 2 is 1.64 bits per heavy atom. The van der Waals surface area contributed by atoms with Crippen molar-refractivity contribution in [1.82, 2.24) is 4.31 Å². The summed E-state index contributed by atoms with van der Waals surface area (Å²) >= 11 is 0. The highest BCUT2D eigenvalue weighted by molar-refractivity contribution is 7.92. The number of anilines is 1. The van der Waals surface area contributed by atoms with E-state index in [0.717, 1.165) is 18.4 Å². The molecule has 1 saturated heterocycles. The first-order valence-corrected chi connectivity index (χ1v) is 11.9. The van der Waals surface area contributed by atoms with Gasteiger partial charge in [-0.3, -0.25) is 4.72 Å². The molecule has 1 heterocycles. The first-order valence-electron chi connectivity index (χ1n) is 8.93. The Labute approximate surface area is 166 Å². The van der Waals surface area contributed by atoms with Crippen molar-refractivity contribution in [3.8, 4) is 5.75 Å². The van der Waals surface area contributed by atoms with E-state index in [1.807, 2.05) is 13.0 Å². The lowest BCUT2D eigenvalue weighted by atomic mass is 10.2. The molecule has 7 nitrogen and oxygen atoms in total. The van der Waals surface area contributed by atoms with Gasteiger partial charge in [0.1, 0.15) is 5.75 Å². The average Bonchev–Trinajstić information content (AvgIpc) is 3.19. The molecular formula is C19H24N2O5S2. The molecule has 0 saturated carbocycles. The SMILES string of the molecule is COc1ccc(S(=O)(=O)N2CCCC2)cc1NS(=O)(=O)c1cc(C)ccc1C. The second-order valence-corrected chi connectivity index (χ2v) is 10.4. The van der Waals surface area contributed by atoms with E-state index in [1.165, 1.54) is 29.6 Å². The van der Waals surface area contributed by atoms with E-state index in [1.54, 1.807) is 19.1 Å². The van der Waals surface area contributed by atoms with Crippen LogP contribution < -0.4 is 9.46 Å². The molecule has 9 heteroatoms. The summed E-state index contributed by atoms with van der Waals surface area (Å²) in [6.07, 6.45) is 1.64. The van der Waals surface area contributed by atoms with Gasteiger partial charge in [0.25, 0.3) is 10.0 Å². The van der Waals surface area contributed by atoms with Crippen LogP contribution in [0.5, 0.6) is 5.75 Å². The number of ether oxygens (including phenoxy) is 1. The van der Waals surface area contributed by atoms with Gasteiger partial charge in [-0.1, -0.05) is 12.1 Å². The minimum Gasteiger partial charge on any atom is -0.495 e. The first-order chi connectivity index (χ1) is 13.1. The molecule has 1 fully saturated rings. The lowest BCUT2D eigenvalue weighted by Gasteiger charge is -2.18. The van der Waals surface area contributed by atoms with Gasteiger partial charge in [0.2, 0.25) is 10.0 Å². The summed E-state index contributed by atoms with van der Waals surface area (Å²) in [5.41, 5.74) is 1.49. The maximum atomic E-state index is 12.9. The lowest BCUT2D eigenvalue weighted by Crippen LogP contribution is -2.28. The van der Waals surface area contributed by atoms with E-state index < -0.39 is 20.0 Å². The zero-order valence-corrected chi connectivity index (χ0v) is 17.7. The van der Waals surface area contributed by atoms with Crippen molar-refractivity contribution in [3.05, 3.63) is 47.5 Å². The van der Waals surface area contributed by atoms with Crippen molar-refractivity contribution in [2.45, 2.75) is 36.5 Å². The van der Waals surface area contributed by atoms with Crippen molar-refractivity contribution in [1.29, 1.82) is 0 Å². The highest BCUT2D eigenvalue weighted by Crippen LogP contribution is 2.32. The van der Waals surface area contributed by atoms with Gasteiger partial charge in [0, 0.05) is 13.1 Å². The van der Waals surface area contributed by atoms with Crippen molar-refractivity contribution in [3.63, 3.8) is 0 Å². The Bertz CT molecular complexity index is 1090. The van der Waals surface area contributed by atoms with Crippen LogP contribution in [-0.4, -0.2) is 41.3 Å². The van der Waals surface area contributed by atoms with Gasteiger partial charge in [-0.25, -0.2) is 16.8 Å². The smallest absolute Gasteiger partial charge is 0.262 e. The summed E-state index contributed by atoms with van der Waals surface area (Å²) in [5.74, 6) is 0.245. The highest BCUT2D eigenvalue weighted by atomic mass is 32.2. The Kier molecular flexibility index (Phi) is 5.69. The third-order valence-corrected chi connectivity index (χ3v) is 8.15. The van der Waals surface area contributed by atoms with Crippen LogP contribution >= 0.6 is 0 Å². The molecule has 1 aliphatic rings. The second-order valence-electron chi connectivity index (χ2n) is 6.85. The van der Waals surface area contributed by atoms with Crippen LogP contribution in [-0.2, 0) is 20.0 Å². The van der Waals surface area contributed by atoms with Gasteiger partial charge in [0.05, 0.1) is 22.6 Å². The standard InChI is InChI=1S/C19H24N2O5S2/c1-14-6-7-15(2)19(12-14)27(22,23)20-17-13-16(8-9-18(17)26-3)28(24,25)21-10-4-5-11-21/h6-9,12-13,20H,4-5,10-11H2,1-3H3. The zero-order chi connectivity index (χ0) is 20.5. The molecule has 3 rings (SSSR count). The second kappa shape index (κ2) is 7.73. The first kappa shape index (κ1) is 20.6. The quantitative estimate of drug-likeness (QED) is 0.770. The van der Waals surface area contributed by atoms with E-state index in [-0.39, 0.29) is 21.2 Å². The van der Waals surface area contributed by atoms with Crippen molar-refractivity contribution in [2.24, 2.45) is 0 Å². The van der Waals surface area contributed by atoms with E-state index in [9.17, 15) is 16.8 Å². The monoisotopic (exact) mass is 424 g/mol. The van der Waals surface area contributed by atoms with Gasteiger partial charge in [-0.2, -0.15) is 4.31 Å². The number of nitrogens with one attached hydrogen (secondary N) is 1. The summed E-state index contributed by atoms with van der Waals surface area (Å²) < 4.78 is 60.7. The fraction of sp³-hybridized carbons (Fsp3) is 0.368. The lowest BCUT2D eigenvalue weighted by molar-refractivity contribution is 0.416. The number of hydrogen-bond donors (Lipinski definition) is 1. The van der Waals surface area contributed by atoms with E-state index in [2.05, 4.69) is 4.72 Å². The average molecular weight is 425 g/mol. The molecular weight excluding hydrogens is 400 g/mol. The van der Waals surface area contributed by atoms with Crippen LogP contribution in [0.15, 0.2) is 46.2 Å².